The minimum Gasteiger partial charge on any atom is -0.395 e. The number of halogens is 4. The van der Waals surface area contributed by atoms with Crippen LogP contribution >= 0.6 is 22.6 Å². The summed E-state index contributed by atoms with van der Waals surface area (Å²) in [6.07, 6.45) is -6.21. The molecule has 0 heterocycles. The molecule has 0 fully saturated rings. The molecule has 0 unspecified atom stereocenters. The predicted molar refractivity (Wildman–Crippen MR) is 112 cm³/mol. The molecular formula is C20H24F3IOSi. The van der Waals surface area contributed by atoms with Crippen LogP contribution in [0, 0.1) is 0 Å². The van der Waals surface area contributed by atoms with Gasteiger partial charge in [0.05, 0.1) is 0 Å². The molecule has 0 aliphatic rings. The first-order valence-electron chi connectivity index (χ1n) is 8.54. The van der Waals surface area contributed by atoms with E-state index in [0.717, 1.165) is 10.4 Å². The van der Waals surface area contributed by atoms with Gasteiger partial charge in [0.25, 0.3) is 8.32 Å². The lowest BCUT2D eigenvalue weighted by atomic mass is 10.2. The van der Waals surface area contributed by atoms with Crippen molar-refractivity contribution in [3.05, 3.63) is 60.7 Å². The SMILES string of the molecule is CC(C)(C)[Si](O[C@@H](CCI)C(F)(F)F)(c1ccccc1)c1ccccc1. The molecule has 1 atom stereocenters. The largest absolute Gasteiger partial charge is 0.413 e. The Kier molecular flexibility index (Phi) is 6.96. The molecule has 26 heavy (non-hydrogen) atoms. The molecule has 2 aromatic rings. The van der Waals surface area contributed by atoms with Gasteiger partial charge < -0.3 is 4.43 Å². The molecule has 0 amide bonds. The first kappa shape index (κ1) is 21.4. The molecule has 0 saturated heterocycles. The fourth-order valence-corrected chi connectivity index (χ4v) is 8.55. The molecule has 0 aromatic heterocycles. The molecule has 2 aromatic carbocycles. The quantitative estimate of drug-likeness (QED) is 0.302. The molecule has 0 radical (unpaired) electrons. The van der Waals surface area contributed by atoms with Crippen molar-refractivity contribution in [2.45, 2.75) is 44.5 Å². The summed E-state index contributed by atoms with van der Waals surface area (Å²) in [5.74, 6) is 0. The minimum absolute atomic E-state index is 0.0471. The summed E-state index contributed by atoms with van der Waals surface area (Å²) in [4.78, 5) is 0. The topological polar surface area (TPSA) is 9.23 Å². The second kappa shape index (κ2) is 8.44. The smallest absolute Gasteiger partial charge is 0.395 e. The van der Waals surface area contributed by atoms with Gasteiger partial charge in [-0.2, -0.15) is 13.2 Å². The summed E-state index contributed by atoms with van der Waals surface area (Å²) >= 11 is 1.98. The predicted octanol–water partition coefficient (Wildman–Crippen LogP) is 5.32. The Hall–Kier alpha value is -0.863. The molecule has 0 N–H and O–H groups in total. The van der Waals surface area contributed by atoms with Crippen LogP contribution in [0.3, 0.4) is 0 Å². The summed E-state index contributed by atoms with van der Waals surface area (Å²) in [6, 6.07) is 18.9. The summed E-state index contributed by atoms with van der Waals surface area (Å²) < 4.78 is 47.8. The fraction of sp³-hybridized carbons (Fsp3) is 0.400. The van der Waals surface area contributed by atoms with E-state index in [1.807, 2.05) is 104 Å². The third-order valence-corrected chi connectivity index (χ3v) is 10.1. The molecule has 0 aliphatic heterocycles. The van der Waals surface area contributed by atoms with Crippen LogP contribution in [0.1, 0.15) is 27.2 Å². The Bertz CT molecular complexity index is 644. The lowest BCUT2D eigenvalue weighted by molar-refractivity contribution is -0.197. The van der Waals surface area contributed by atoms with Gasteiger partial charge in [0, 0.05) is 4.43 Å². The van der Waals surface area contributed by atoms with E-state index in [2.05, 4.69) is 0 Å². The monoisotopic (exact) mass is 492 g/mol. The minimum atomic E-state index is -4.39. The van der Waals surface area contributed by atoms with Crippen LogP contribution in [0.4, 0.5) is 13.2 Å². The highest BCUT2D eigenvalue weighted by atomic mass is 127. The maximum atomic E-state index is 13.8. The van der Waals surface area contributed by atoms with Crippen molar-refractivity contribution >= 4 is 41.3 Å². The van der Waals surface area contributed by atoms with Crippen molar-refractivity contribution in [1.82, 2.24) is 0 Å². The van der Waals surface area contributed by atoms with Gasteiger partial charge >= 0.3 is 6.18 Å². The first-order chi connectivity index (χ1) is 12.1. The van der Waals surface area contributed by atoms with Gasteiger partial charge in [-0.15, -0.1) is 0 Å². The Balaban J connectivity index is 2.71. The fourth-order valence-electron chi connectivity index (χ4n) is 3.29. The third kappa shape index (κ3) is 4.51. The molecule has 0 aliphatic carbocycles. The van der Waals surface area contributed by atoms with E-state index in [0.29, 0.717) is 4.43 Å². The van der Waals surface area contributed by atoms with Crippen molar-refractivity contribution in [3.8, 4) is 0 Å². The second-order valence-corrected chi connectivity index (χ2v) is 12.6. The summed E-state index contributed by atoms with van der Waals surface area (Å²) in [5, 5.41) is 1.26. The second-order valence-electron chi connectivity index (χ2n) is 7.29. The van der Waals surface area contributed by atoms with Crippen LogP contribution in [0.15, 0.2) is 60.7 Å². The number of hydrogen-bond donors (Lipinski definition) is 0. The average Bonchev–Trinajstić information content (AvgIpc) is 2.58. The Morgan fingerprint density at radius 3 is 1.62 bits per heavy atom. The number of benzene rings is 2. The molecule has 6 heteroatoms. The van der Waals surface area contributed by atoms with Crippen molar-refractivity contribution in [1.29, 1.82) is 0 Å². The van der Waals surface area contributed by atoms with E-state index in [1.165, 1.54) is 0 Å². The van der Waals surface area contributed by atoms with Gasteiger partial charge in [0.15, 0.2) is 0 Å². The van der Waals surface area contributed by atoms with Crippen molar-refractivity contribution < 1.29 is 17.6 Å². The standard InChI is InChI=1S/C20H24F3IOSi/c1-19(2,3)26(16-10-6-4-7-11-16,17-12-8-5-9-13-17)25-18(14-15-24)20(21,22)23/h4-13,18H,14-15H2,1-3H3/t18-/m0/s1. The molecule has 1 nitrogen and oxygen atoms in total. The molecule has 0 spiro atoms. The van der Waals surface area contributed by atoms with Crippen LogP contribution in [0.2, 0.25) is 5.04 Å². The molecule has 0 saturated carbocycles. The highest BCUT2D eigenvalue weighted by Crippen LogP contribution is 2.40. The first-order valence-corrected chi connectivity index (χ1v) is 12.0. The molecule has 2 rings (SSSR count). The number of alkyl halides is 4. The number of hydrogen-bond acceptors (Lipinski definition) is 1. The van der Waals surface area contributed by atoms with E-state index in [1.54, 1.807) is 0 Å². The third-order valence-electron chi connectivity index (χ3n) is 4.47. The Morgan fingerprint density at radius 2 is 1.31 bits per heavy atom. The maximum absolute atomic E-state index is 13.8. The van der Waals surface area contributed by atoms with E-state index in [9.17, 15) is 13.2 Å². The summed E-state index contributed by atoms with van der Waals surface area (Å²) in [7, 11) is -3.18. The van der Waals surface area contributed by atoms with Crippen molar-refractivity contribution in [2.75, 3.05) is 4.43 Å². The maximum Gasteiger partial charge on any atom is 0.413 e. The Labute approximate surface area is 168 Å². The van der Waals surface area contributed by atoms with Gasteiger partial charge in [0.1, 0.15) is 6.10 Å². The van der Waals surface area contributed by atoms with Gasteiger partial charge in [-0.1, -0.05) is 104 Å². The molecule has 0 bridgehead atoms. The van der Waals surface area contributed by atoms with Gasteiger partial charge in [-0.3, -0.25) is 0 Å². The zero-order chi connectivity index (χ0) is 19.4. The average molecular weight is 492 g/mol. The zero-order valence-corrected chi connectivity index (χ0v) is 18.3. The van der Waals surface area contributed by atoms with Crippen LogP contribution in [0.5, 0.6) is 0 Å². The lowest BCUT2D eigenvalue weighted by Crippen LogP contribution is -2.68. The van der Waals surface area contributed by atoms with Crippen LogP contribution in [-0.4, -0.2) is 25.0 Å². The van der Waals surface area contributed by atoms with E-state index in [4.69, 9.17) is 4.43 Å². The normalized spacial score (nSPS) is 14.3. The van der Waals surface area contributed by atoms with Crippen molar-refractivity contribution in [2.24, 2.45) is 0 Å². The van der Waals surface area contributed by atoms with Crippen LogP contribution < -0.4 is 10.4 Å². The zero-order valence-electron chi connectivity index (χ0n) is 15.2. The summed E-state index contributed by atoms with van der Waals surface area (Å²) in [6.45, 7) is 5.95. The van der Waals surface area contributed by atoms with Gasteiger partial charge in [-0.25, -0.2) is 0 Å². The van der Waals surface area contributed by atoms with Gasteiger partial charge in [0.2, 0.25) is 0 Å². The molecule has 142 valence electrons. The molecular weight excluding hydrogens is 468 g/mol. The highest BCUT2D eigenvalue weighted by Gasteiger charge is 2.55. The summed E-state index contributed by atoms with van der Waals surface area (Å²) in [5.41, 5.74) is 0. The lowest BCUT2D eigenvalue weighted by Gasteiger charge is -2.45. The highest BCUT2D eigenvalue weighted by molar-refractivity contribution is 14.1. The Morgan fingerprint density at radius 1 is 0.885 bits per heavy atom. The van der Waals surface area contributed by atoms with Crippen molar-refractivity contribution in [3.63, 3.8) is 0 Å². The van der Waals surface area contributed by atoms with E-state index >= 15 is 0 Å². The van der Waals surface area contributed by atoms with Crippen LogP contribution in [0.25, 0.3) is 0 Å². The number of rotatable bonds is 6. The van der Waals surface area contributed by atoms with E-state index < -0.39 is 25.6 Å². The van der Waals surface area contributed by atoms with Gasteiger partial charge in [-0.05, 0) is 21.8 Å². The van der Waals surface area contributed by atoms with Crippen LogP contribution in [-0.2, 0) is 4.43 Å². The van der Waals surface area contributed by atoms with E-state index in [-0.39, 0.29) is 6.42 Å².